The van der Waals surface area contributed by atoms with E-state index in [0.29, 0.717) is 17.9 Å². The van der Waals surface area contributed by atoms with E-state index >= 15 is 0 Å². The molecular weight excluding hydrogens is 343 g/mol. The molecule has 8 heteroatoms. The van der Waals surface area contributed by atoms with Crippen LogP contribution >= 0.6 is 11.6 Å². The van der Waals surface area contributed by atoms with E-state index in [2.05, 4.69) is 20.0 Å². The fourth-order valence-corrected chi connectivity index (χ4v) is 2.35. The number of para-hydroxylation sites is 1. The predicted molar refractivity (Wildman–Crippen MR) is 85.0 cm³/mol. The second-order valence-electron chi connectivity index (χ2n) is 4.90. The van der Waals surface area contributed by atoms with Gasteiger partial charge in [-0.05, 0) is 41.4 Å². The molecule has 0 atom stereocenters. The van der Waals surface area contributed by atoms with Gasteiger partial charge in [0.2, 0.25) is 5.28 Å². The Hall–Kier alpha value is -2.54. The first-order valence-corrected chi connectivity index (χ1v) is 7.29. The van der Waals surface area contributed by atoms with E-state index in [9.17, 15) is 13.2 Å². The summed E-state index contributed by atoms with van der Waals surface area (Å²) >= 11 is 5.90. The summed E-state index contributed by atoms with van der Waals surface area (Å²) in [4.78, 5) is 8.28. The van der Waals surface area contributed by atoms with Crippen molar-refractivity contribution in [2.24, 2.45) is 0 Å². The van der Waals surface area contributed by atoms with Crippen molar-refractivity contribution in [2.45, 2.75) is 12.9 Å². The van der Waals surface area contributed by atoms with Gasteiger partial charge in [0.05, 0.1) is 5.52 Å². The van der Waals surface area contributed by atoms with E-state index in [-0.39, 0.29) is 11.0 Å². The first kappa shape index (κ1) is 16.3. The molecule has 0 unspecified atom stereocenters. The van der Waals surface area contributed by atoms with E-state index < -0.39 is 6.36 Å². The minimum atomic E-state index is -4.70. The molecule has 4 nitrogen and oxygen atoms in total. The van der Waals surface area contributed by atoms with Crippen molar-refractivity contribution in [3.63, 3.8) is 0 Å². The third kappa shape index (κ3) is 4.05. The van der Waals surface area contributed by atoms with Crippen LogP contribution in [-0.2, 0) is 6.54 Å². The van der Waals surface area contributed by atoms with Crippen LogP contribution in [0.2, 0.25) is 5.28 Å². The van der Waals surface area contributed by atoms with Crippen LogP contribution in [0.15, 0.2) is 48.5 Å². The molecular formula is C16H11ClF3N3O. The lowest BCUT2D eigenvalue weighted by molar-refractivity contribution is -0.274. The molecule has 0 saturated carbocycles. The molecule has 2 aromatic carbocycles. The molecule has 0 radical (unpaired) electrons. The molecule has 3 rings (SSSR count). The van der Waals surface area contributed by atoms with Gasteiger partial charge < -0.3 is 10.1 Å². The van der Waals surface area contributed by atoms with Crippen LogP contribution in [0, 0.1) is 0 Å². The molecule has 0 aliphatic rings. The molecule has 3 aromatic rings. The second-order valence-corrected chi connectivity index (χ2v) is 5.24. The summed E-state index contributed by atoms with van der Waals surface area (Å²) in [6.07, 6.45) is -4.70. The molecule has 0 bridgehead atoms. The van der Waals surface area contributed by atoms with Crippen LogP contribution in [0.4, 0.5) is 19.0 Å². The van der Waals surface area contributed by atoms with Gasteiger partial charge in [0.25, 0.3) is 0 Å². The highest BCUT2D eigenvalue weighted by Crippen LogP contribution is 2.24. The number of nitrogens with zero attached hydrogens (tertiary/aromatic N) is 2. The number of benzene rings is 2. The van der Waals surface area contributed by atoms with Gasteiger partial charge in [-0.25, -0.2) is 9.97 Å². The van der Waals surface area contributed by atoms with Crippen molar-refractivity contribution in [3.05, 3.63) is 59.4 Å². The highest BCUT2D eigenvalue weighted by molar-refractivity contribution is 6.28. The molecule has 24 heavy (non-hydrogen) atoms. The molecule has 0 saturated heterocycles. The summed E-state index contributed by atoms with van der Waals surface area (Å²) in [5.74, 6) is 0.294. The summed E-state index contributed by atoms with van der Waals surface area (Å²) in [6.45, 7) is 0.365. The van der Waals surface area contributed by atoms with Gasteiger partial charge >= 0.3 is 6.36 Å². The molecule has 0 spiro atoms. The number of alkyl halides is 3. The van der Waals surface area contributed by atoms with E-state index in [1.54, 1.807) is 12.1 Å². The number of halogens is 4. The van der Waals surface area contributed by atoms with E-state index in [1.807, 2.05) is 24.3 Å². The Labute approximate surface area is 140 Å². The second kappa shape index (κ2) is 6.52. The Morgan fingerprint density at radius 2 is 1.71 bits per heavy atom. The molecule has 1 N–H and O–H groups in total. The van der Waals surface area contributed by atoms with Crippen molar-refractivity contribution in [2.75, 3.05) is 5.32 Å². The highest BCUT2D eigenvalue weighted by atomic mass is 35.5. The van der Waals surface area contributed by atoms with Crippen LogP contribution in [-0.4, -0.2) is 16.3 Å². The molecule has 0 aliphatic carbocycles. The van der Waals surface area contributed by atoms with Crippen molar-refractivity contribution < 1.29 is 17.9 Å². The minimum absolute atomic E-state index is 0.116. The highest BCUT2D eigenvalue weighted by Gasteiger charge is 2.30. The first-order chi connectivity index (χ1) is 11.4. The quantitative estimate of drug-likeness (QED) is 0.685. The van der Waals surface area contributed by atoms with Crippen molar-refractivity contribution in [3.8, 4) is 5.75 Å². The number of fused-ring (bicyclic) bond motifs is 1. The third-order valence-corrected chi connectivity index (χ3v) is 3.36. The van der Waals surface area contributed by atoms with E-state index in [1.165, 1.54) is 12.1 Å². The molecule has 1 aromatic heterocycles. The van der Waals surface area contributed by atoms with Crippen LogP contribution in [0.5, 0.6) is 5.75 Å². The first-order valence-electron chi connectivity index (χ1n) is 6.91. The van der Waals surface area contributed by atoms with Gasteiger partial charge in [0.1, 0.15) is 11.6 Å². The fourth-order valence-electron chi connectivity index (χ4n) is 2.18. The monoisotopic (exact) mass is 353 g/mol. The van der Waals surface area contributed by atoms with Crippen LogP contribution < -0.4 is 10.1 Å². The van der Waals surface area contributed by atoms with Crippen molar-refractivity contribution in [1.82, 2.24) is 9.97 Å². The zero-order chi connectivity index (χ0) is 17.2. The van der Waals surface area contributed by atoms with Crippen molar-refractivity contribution in [1.29, 1.82) is 0 Å². The number of ether oxygens (including phenoxy) is 1. The SMILES string of the molecule is FC(F)(F)Oc1ccc(CNc2nc(Cl)nc3ccccc23)cc1. The normalized spacial score (nSPS) is 11.5. The van der Waals surface area contributed by atoms with Gasteiger partial charge in [0.15, 0.2) is 0 Å². The van der Waals surface area contributed by atoms with Crippen molar-refractivity contribution >= 4 is 28.3 Å². The molecule has 1 heterocycles. The smallest absolute Gasteiger partial charge is 0.406 e. The minimum Gasteiger partial charge on any atom is -0.406 e. The molecule has 0 amide bonds. The fraction of sp³-hybridized carbons (Fsp3) is 0.125. The summed E-state index contributed by atoms with van der Waals surface area (Å²) in [6, 6.07) is 13.0. The Bertz CT molecular complexity index is 853. The maximum atomic E-state index is 12.1. The lowest BCUT2D eigenvalue weighted by Crippen LogP contribution is -2.17. The molecule has 0 aliphatic heterocycles. The number of hydrogen-bond donors (Lipinski definition) is 1. The number of aromatic nitrogens is 2. The Kier molecular flexibility index (Phi) is 4.44. The lowest BCUT2D eigenvalue weighted by Gasteiger charge is -2.11. The van der Waals surface area contributed by atoms with Crippen LogP contribution in [0.3, 0.4) is 0 Å². The summed E-state index contributed by atoms with van der Waals surface area (Å²) in [5.41, 5.74) is 1.47. The average molecular weight is 354 g/mol. The van der Waals surface area contributed by atoms with E-state index in [4.69, 9.17) is 11.6 Å². The molecule has 124 valence electrons. The Morgan fingerprint density at radius 1 is 1.00 bits per heavy atom. The van der Waals surface area contributed by atoms with E-state index in [0.717, 1.165) is 10.9 Å². The Morgan fingerprint density at radius 3 is 2.42 bits per heavy atom. The van der Waals surface area contributed by atoms with Gasteiger partial charge in [-0.3, -0.25) is 0 Å². The zero-order valence-electron chi connectivity index (χ0n) is 12.1. The van der Waals surface area contributed by atoms with Gasteiger partial charge in [-0.1, -0.05) is 24.3 Å². The average Bonchev–Trinajstić information content (AvgIpc) is 2.52. The summed E-state index contributed by atoms with van der Waals surface area (Å²) in [5, 5.41) is 4.03. The number of rotatable bonds is 4. The van der Waals surface area contributed by atoms with Crippen LogP contribution in [0.25, 0.3) is 10.9 Å². The number of anilines is 1. The standard InChI is InChI=1S/C16H11ClF3N3O/c17-15-22-13-4-2-1-3-12(13)14(23-15)21-9-10-5-7-11(8-6-10)24-16(18,19)20/h1-8H,9H2,(H,21,22,23). The zero-order valence-corrected chi connectivity index (χ0v) is 12.9. The lowest BCUT2D eigenvalue weighted by atomic mass is 10.2. The van der Waals surface area contributed by atoms with Gasteiger partial charge in [-0.2, -0.15) is 0 Å². The number of nitrogens with one attached hydrogen (secondary N) is 1. The number of hydrogen-bond acceptors (Lipinski definition) is 4. The van der Waals surface area contributed by atoms with Gasteiger partial charge in [0, 0.05) is 11.9 Å². The molecule has 0 fully saturated rings. The third-order valence-electron chi connectivity index (χ3n) is 3.19. The summed E-state index contributed by atoms with van der Waals surface area (Å²) < 4.78 is 40.2. The summed E-state index contributed by atoms with van der Waals surface area (Å²) in [7, 11) is 0. The maximum absolute atomic E-state index is 12.1. The largest absolute Gasteiger partial charge is 0.573 e. The van der Waals surface area contributed by atoms with Gasteiger partial charge in [-0.15, -0.1) is 13.2 Å². The topological polar surface area (TPSA) is 47.0 Å². The maximum Gasteiger partial charge on any atom is 0.573 e. The van der Waals surface area contributed by atoms with Crippen LogP contribution in [0.1, 0.15) is 5.56 Å². The predicted octanol–water partition coefficient (Wildman–Crippen LogP) is 4.79. The Balaban J connectivity index is 1.74.